The molecule has 10 nitrogen and oxygen atoms in total. The fourth-order valence-corrected chi connectivity index (χ4v) is 4.85. The summed E-state index contributed by atoms with van der Waals surface area (Å²) in [6.45, 7) is 9.34. The molecule has 1 aliphatic heterocycles. The number of piperidine rings is 1. The number of nitrogens with zero attached hydrogens (tertiary/aromatic N) is 4. The molecule has 1 amide bonds. The molecule has 10 heteroatoms. The average Bonchev–Trinajstić information content (AvgIpc) is 2.93. The van der Waals surface area contributed by atoms with Crippen molar-refractivity contribution in [2.75, 3.05) is 30.4 Å². The van der Waals surface area contributed by atoms with Crippen LogP contribution in [0.5, 0.6) is 5.75 Å². The number of nitro groups is 1. The molecule has 0 bridgehead atoms. The molecule has 0 saturated carbocycles. The van der Waals surface area contributed by atoms with E-state index < -0.39 is 5.60 Å². The lowest BCUT2D eigenvalue weighted by molar-refractivity contribution is -0.383. The first-order valence-corrected chi connectivity index (χ1v) is 13.8. The Hall–Kier alpha value is -4.34. The van der Waals surface area contributed by atoms with Crippen LogP contribution in [-0.4, -0.2) is 52.7 Å². The molecule has 1 saturated heterocycles. The van der Waals surface area contributed by atoms with Crippen LogP contribution in [0.25, 0.3) is 0 Å². The van der Waals surface area contributed by atoms with Gasteiger partial charge in [-0.15, -0.1) is 0 Å². The summed E-state index contributed by atoms with van der Waals surface area (Å²) in [5.74, 6) is 1.01. The summed E-state index contributed by atoms with van der Waals surface area (Å²) in [7, 11) is 1.61. The molecule has 0 spiro atoms. The van der Waals surface area contributed by atoms with Gasteiger partial charge in [-0.05, 0) is 69.9 Å². The molecule has 218 valence electrons. The Bertz CT molecular complexity index is 1340. The van der Waals surface area contributed by atoms with Crippen LogP contribution in [0.4, 0.5) is 22.0 Å². The number of benzene rings is 2. The molecule has 4 rings (SSSR count). The molecule has 0 aliphatic carbocycles. The van der Waals surface area contributed by atoms with Crippen LogP contribution < -0.4 is 15.0 Å². The highest BCUT2D eigenvalue weighted by Gasteiger charge is 2.31. The Morgan fingerprint density at radius 2 is 1.73 bits per heavy atom. The van der Waals surface area contributed by atoms with Gasteiger partial charge in [0, 0.05) is 38.4 Å². The van der Waals surface area contributed by atoms with E-state index in [-0.39, 0.29) is 28.6 Å². The van der Waals surface area contributed by atoms with Gasteiger partial charge in [-0.25, -0.2) is 9.78 Å². The Kier molecular flexibility index (Phi) is 9.31. The number of anilines is 2. The minimum atomic E-state index is -0.596. The van der Waals surface area contributed by atoms with Crippen molar-refractivity contribution in [1.82, 2.24) is 9.88 Å². The first-order chi connectivity index (χ1) is 19.5. The standard InChI is InChI=1S/C31H39N5O5/c1-22-8-10-23(11-9-22)19-35(20-24-12-14-26(40-5)15-13-24)29-28(36(38)39)27(16-17-32-29)33-25-7-6-18-34(21-25)30(37)41-31(2,3)4/h8-17,25H,6-7,18-21H2,1-5H3,(H,32,33)/t25-/m1/s1. The summed E-state index contributed by atoms with van der Waals surface area (Å²) in [4.78, 5) is 32.9. The molecule has 3 aromatic rings. The van der Waals surface area contributed by atoms with Crippen molar-refractivity contribution in [3.8, 4) is 5.75 Å². The third kappa shape index (κ3) is 8.09. The van der Waals surface area contributed by atoms with E-state index in [0.717, 1.165) is 35.3 Å². The topological polar surface area (TPSA) is 110 Å². The second-order valence-corrected chi connectivity index (χ2v) is 11.4. The summed E-state index contributed by atoms with van der Waals surface area (Å²) in [6.07, 6.45) is 2.75. The lowest BCUT2D eigenvalue weighted by atomic mass is 10.1. The van der Waals surface area contributed by atoms with Crippen molar-refractivity contribution in [2.45, 2.75) is 65.3 Å². The monoisotopic (exact) mass is 561 g/mol. The number of carbonyl (C=O) groups is 1. The highest BCUT2D eigenvalue weighted by Crippen LogP contribution is 2.36. The molecule has 0 unspecified atom stereocenters. The summed E-state index contributed by atoms with van der Waals surface area (Å²) >= 11 is 0. The number of ether oxygens (including phenoxy) is 2. The van der Waals surface area contributed by atoms with Gasteiger partial charge in [0.25, 0.3) is 0 Å². The van der Waals surface area contributed by atoms with E-state index in [1.54, 1.807) is 24.3 Å². The quantitative estimate of drug-likeness (QED) is 0.239. The number of rotatable bonds is 9. The van der Waals surface area contributed by atoms with E-state index in [1.165, 1.54) is 0 Å². The molecule has 1 N–H and O–H groups in total. The molecular weight excluding hydrogens is 522 g/mol. The SMILES string of the molecule is COc1ccc(CN(Cc2ccc(C)cc2)c2nccc(N[C@@H]3CCCN(C(=O)OC(C)(C)C)C3)c2[N+](=O)[O-])cc1. The van der Waals surface area contributed by atoms with Crippen molar-refractivity contribution < 1.29 is 19.2 Å². The molecule has 1 fully saturated rings. The number of nitrogens with one attached hydrogen (secondary N) is 1. The third-order valence-corrected chi connectivity index (χ3v) is 6.85. The highest BCUT2D eigenvalue weighted by molar-refractivity contribution is 5.74. The van der Waals surface area contributed by atoms with Gasteiger partial charge in [0.15, 0.2) is 0 Å². The number of methoxy groups -OCH3 is 1. The van der Waals surface area contributed by atoms with E-state index in [4.69, 9.17) is 9.47 Å². The van der Waals surface area contributed by atoms with E-state index in [2.05, 4.69) is 10.3 Å². The Morgan fingerprint density at radius 1 is 1.10 bits per heavy atom. The summed E-state index contributed by atoms with van der Waals surface area (Å²) in [5.41, 5.74) is 2.80. The van der Waals surface area contributed by atoms with E-state index in [0.29, 0.717) is 31.9 Å². The minimum absolute atomic E-state index is 0.0949. The van der Waals surface area contributed by atoms with Gasteiger partial charge in [0.05, 0.1) is 12.0 Å². The first-order valence-electron chi connectivity index (χ1n) is 13.8. The van der Waals surface area contributed by atoms with Crippen LogP contribution in [0.3, 0.4) is 0 Å². The van der Waals surface area contributed by atoms with Gasteiger partial charge < -0.3 is 24.6 Å². The van der Waals surface area contributed by atoms with Gasteiger partial charge in [-0.2, -0.15) is 0 Å². The van der Waals surface area contributed by atoms with Crippen molar-refractivity contribution in [2.24, 2.45) is 0 Å². The Balaban J connectivity index is 1.63. The van der Waals surface area contributed by atoms with Crippen LogP contribution in [0, 0.1) is 17.0 Å². The highest BCUT2D eigenvalue weighted by atomic mass is 16.6. The number of amides is 1. The van der Waals surface area contributed by atoms with Gasteiger partial charge in [0.2, 0.25) is 5.82 Å². The zero-order valence-electron chi connectivity index (χ0n) is 24.4. The van der Waals surface area contributed by atoms with Crippen LogP contribution in [0.1, 0.15) is 50.3 Å². The molecular formula is C31H39N5O5. The molecule has 2 heterocycles. The molecule has 1 aromatic heterocycles. The number of hydrogen-bond donors (Lipinski definition) is 1. The third-order valence-electron chi connectivity index (χ3n) is 6.85. The molecule has 1 atom stereocenters. The van der Waals surface area contributed by atoms with Gasteiger partial charge in [-0.3, -0.25) is 10.1 Å². The predicted molar refractivity (Wildman–Crippen MR) is 159 cm³/mol. The number of hydrogen-bond acceptors (Lipinski definition) is 8. The lowest BCUT2D eigenvalue weighted by Gasteiger charge is -2.35. The van der Waals surface area contributed by atoms with E-state index >= 15 is 0 Å². The predicted octanol–water partition coefficient (Wildman–Crippen LogP) is 6.33. The largest absolute Gasteiger partial charge is 0.497 e. The molecule has 1 aliphatic rings. The maximum atomic E-state index is 12.7. The zero-order chi connectivity index (χ0) is 29.6. The molecule has 41 heavy (non-hydrogen) atoms. The molecule has 2 aromatic carbocycles. The fraction of sp³-hybridized carbons (Fsp3) is 0.419. The second kappa shape index (κ2) is 12.9. The Morgan fingerprint density at radius 3 is 2.32 bits per heavy atom. The van der Waals surface area contributed by atoms with Crippen LogP contribution in [0.15, 0.2) is 60.8 Å². The van der Waals surface area contributed by atoms with Crippen LogP contribution in [-0.2, 0) is 17.8 Å². The number of carbonyl (C=O) groups excluding carboxylic acids is 1. The van der Waals surface area contributed by atoms with Gasteiger partial charge >= 0.3 is 11.8 Å². The average molecular weight is 562 g/mol. The summed E-state index contributed by atoms with van der Waals surface area (Å²) < 4.78 is 10.8. The molecule has 0 radical (unpaired) electrons. The summed E-state index contributed by atoms with van der Waals surface area (Å²) in [5, 5.41) is 15.9. The smallest absolute Gasteiger partial charge is 0.410 e. The van der Waals surface area contributed by atoms with E-state index in [1.807, 2.05) is 81.1 Å². The number of aromatic nitrogens is 1. The summed E-state index contributed by atoms with van der Waals surface area (Å²) in [6, 6.07) is 17.2. The van der Waals surface area contributed by atoms with Crippen molar-refractivity contribution in [3.63, 3.8) is 0 Å². The number of aryl methyl sites for hydroxylation is 1. The van der Waals surface area contributed by atoms with Crippen molar-refractivity contribution in [1.29, 1.82) is 0 Å². The second-order valence-electron chi connectivity index (χ2n) is 11.4. The number of likely N-dealkylation sites (tertiary alicyclic amines) is 1. The number of pyridine rings is 1. The van der Waals surface area contributed by atoms with E-state index in [9.17, 15) is 14.9 Å². The van der Waals surface area contributed by atoms with Crippen molar-refractivity contribution >= 4 is 23.3 Å². The van der Waals surface area contributed by atoms with Crippen LogP contribution in [0.2, 0.25) is 0 Å². The minimum Gasteiger partial charge on any atom is -0.497 e. The first kappa shape index (κ1) is 29.6. The fourth-order valence-electron chi connectivity index (χ4n) is 4.85. The maximum Gasteiger partial charge on any atom is 0.410 e. The van der Waals surface area contributed by atoms with Gasteiger partial charge in [0.1, 0.15) is 17.0 Å². The zero-order valence-corrected chi connectivity index (χ0v) is 24.4. The van der Waals surface area contributed by atoms with Crippen molar-refractivity contribution in [3.05, 3.63) is 87.6 Å². The van der Waals surface area contributed by atoms with Crippen LogP contribution >= 0.6 is 0 Å². The maximum absolute atomic E-state index is 12.7. The Labute approximate surface area is 241 Å². The van der Waals surface area contributed by atoms with Gasteiger partial charge in [-0.1, -0.05) is 42.0 Å². The normalized spacial score (nSPS) is 15.2. The lowest BCUT2D eigenvalue weighted by Crippen LogP contribution is -2.47.